The van der Waals surface area contributed by atoms with Gasteiger partial charge >= 0.3 is 5.97 Å². The molecule has 0 atom stereocenters. The van der Waals surface area contributed by atoms with Crippen LogP contribution in [0.1, 0.15) is 31.6 Å². The number of ether oxygens (including phenoxy) is 3. The van der Waals surface area contributed by atoms with Crippen molar-refractivity contribution in [2.75, 3.05) is 14.2 Å². The Labute approximate surface area is 166 Å². The second kappa shape index (κ2) is 9.05. The SMILES string of the molecule is COC(=O)c1ccc(COc2ccc(/C=C/C(=O)c3cccs3)cc2OC)o1. The van der Waals surface area contributed by atoms with Gasteiger partial charge in [0.15, 0.2) is 17.3 Å². The number of carbonyl (C=O) groups excluding carboxylic acids is 2. The van der Waals surface area contributed by atoms with Gasteiger partial charge in [-0.25, -0.2) is 4.79 Å². The summed E-state index contributed by atoms with van der Waals surface area (Å²) < 4.78 is 21.1. The lowest BCUT2D eigenvalue weighted by atomic mass is 10.1. The third-order valence-corrected chi connectivity index (χ3v) is 4.68. The van der Waals surface area contributed by atoms with Crippen LogP contribution in [0.2, 0.25) is 0 Å². The Bertz CT molecular complexity index is 984. The van der Waals surface area contributed by atoms with E-state index in [1.807, 2.05) is 17.5 Å². The number of rotatable bonds is 8. The van der Waals surface area contributed by atoms with Crippen LogP contribution in [0, 0.1) is 0 Å². The lowest BCUT2D eigenvalue weighted by Gasteiger charge is -2.10. The zero-order valence-electron chi connectivity index (χ0n) is 15.3. The highest BCUT2D eigenvalue weighted by Gasteiger charge is 2.12. The van der Waals surface area contributed by atoms with Crippen molar-refractivity contribution >= 4 is 29.2 Å². The molecular weight excluding hydrogens is 380 g/mol. The number of allylic oxidation sites excluding steroid dienone is 1. The number of esters is 1. The van der Waals surface area contributed by atoms with Crippen molar-refractivity contribution in [3.05, 3.63) is 75.9 Å². The molecule has 0 aliphatic carbocycles. The van der Waals surface area contributed by atoms with Crippen LogP contribution in [-0.4, -0.2) is 26.0 Å². The van der Waals surface area contributed by atoms with Crippen LogP contribution in [0.3, 0.4) is 0 Å². The van der Waals surface area contributed by atoms with Gasteiger partial charge in [-0.2, -0.15) is 0 Å². The average Bonchev–Trinajstić information content (AvgIpc) is 3.42. The van der Waals surface area contributed by atoms with Crippen molar-refractivity contribution < 1.29 is 28.2 Å². The van der Waals surface area contributed by atoms with E-state index in [1.54, 1.807) is 30.3 Å². The summed E-state index contributed by atoms with van der Waals surface area (Å²) >= 11 is 1.40. The summed E-state index contributed by atoms with van der Waals surface area (Å²) in [5.41, 5.74) is 0.806. The Morgan fingerprint density at radius 2 is 1.96 bits per heavy atom. The van der Waals surface area contributed by atoms with Crippen molar-refractivity contribution in [1.82, 2.24) is 0 Å². The van der Waals surface area contributed by atoms with Crippen LogP contribution in [0.5, 0.6) is 11.5 Å². The highest BCUT2D eigenvalue weighted by Crippen LogP contribution is 2.29. The van der Waals surface area contributed by atoms with Crippen molar-refractivity contribution in [1.29, 1.82) is 0 Å². The Balaban J connectivity index is 1.66. The smallest absolute Gasteiger partial charge is 0.373 e. The van der Waals surface area contributed by atoms with E-state index in [0.717, 1.165) is 5.56 Å². The maximum atomic E-state index is 12.1. The highest BCUT2D eigenvalue weighted by atomic mass is 32.1. The van der Waals surface area contributed by atoms with E-state index < -0.39 is 5.97 Å². The zero-order valence-corrected chi connectivity index (χ0v) is 16.2. The molecule has 28 heavy (non-hydrogen) atoms. The third kappa shape index (κ3) is 4.69. The molecule has 3 aromatic rings. The van der Waals surface area contributed by atoms with Crippen LogP contribution in [0.4, 0.5) is 0 Å². The minimum Gasteiger partial charge on any atom is -0.493 e. The molecule has 0 bridgehead atoms. The van der Waals surface area contributed by atoms with Gasteiger partial charge in [-0.05, 0) is 47.4 Å². The molecule has 0 amide bonds. The van der Waals surface area contributed by atoms with Gasteiger partial charge < -0.3 is 18.6 Å². The molecule has 0 radical (unpaired) electrons. The number of ketones is 1. The lowest BCUT2D eigenvalue weighted by Crippen LogP contribution is -1.99. The standard InChI is InChI=1S/C21H18O6S/c1-24-19-12-14(5-8-16(22)20-4-3-11-28-20)6-9-17(19)26-13-15-7-10-18(27-15)21(23)25-2/h3-12H,13H2,1-2H3/b8-5+. The first-order valence-corrected chi connectivity index (χ1v) is 9.22. The quantitative estimate of drug-likeness (QED) is 0.313. The molecule has 2 aromatic heterocycles. The average molecular weight is 398 g/mol. The van der Waals surface area contributed by atoms with E-state index in [4.69, 9.17) is 13.9 Å². The molecule has 3 rings (SSSR count). The second-order valence-corrected chi connectivity index (χ2v) is 6.58. The van der Waals surface area contributed by atoms with Gasteiger partial charge in [0, 0.05) is 0 Å². The predicted molar refractivity (Wildman–Crippen MR) is 105 cm³/mol. The Hall–Kier alpha value is -3.32. The number of hydrogen-bond donors (Lipinski definition) is 0. The Morgan fingerprint density at radius 1 is 1.11 bits per heavy atom. The summed E-state index contributed by atoms with van der Waals surface area (Å²) in [5.74, 6) is 1.04. The molecule has 0 fully saturated rings. The second-order valence-electron chi connectivity index (χ2n) is 5.63. The van der Waals surface area contributed by atoms with Crippen LogP contribution < -0.4 is 9.47 Å². The fraction of sp³-hybridized carbons (Fsp3) is 0.143. The van der Waals surface area contributed by atoms with Gasteiger partial charge in [-0.15, -0.1) is 11.3 Å². The van der Waals surface area contributed by atoms with E-state index in [0.29, 0.717) is 22.1 Å². The number of furan rings is 1. The van der Waals surface area contributed by atoms with E-state index in [-0.39, 0.29) is 18.2 Å². The van der Waals surface area contributed by atoms with Gasteiger partial charge in [0.1, 0.15) is 12.4 Å². The largest absolute Gasteiger partial charge is 0.493 e. The van der Waals surface area contributed by atoms with Crippen LogP contribution in [0.15, 0.2) is 58.3 Å². The van der Waals surface area contributed by atoms with Gasteiger partial charge in [0.05, 0.1) is 19.1 Å². The topological polar surface area (TPSA) is 75.0 Å². The fourth-order valence-corrected chi connectivity index (χ4v) is 3.04. The molecule has 0 aliphatic rings. The molecule has 0 unspecified atom stereocenters. The van der Waals surface area contributed by atoms with Crippen molar-refractivity contribution in [2.24, 2.45) is 0 Å². The van der Waals surface area contributed by atoms with Crippen molar-refractivity contribution in [3.8, 4) is 11.5 Å². The van der Waals surface area contributed by atoms with Crippen LogP contribution in [-0.2, 0) is 11.3 Å². The molecule has 7 heteroatoms. The molecule has 6 nitrogen and oxygen atoms in total. The molecule has 144 valence electrons. The molecule has 0 spiro atoms. The van der Waals surface area contributed by atoms with Gasteiger partial charge in [0.2, 0.25) is 5.76 Å². The summed E-state index contributed by atoms with van der Waals surface area (Å²) in [5, 5.41) is 1.86. The number of methoxy groups -OCH3 is 2. The minimum atomic E-state index is -0.544. The van der Waals surface area contributed by atoms with E-state index in [2.05, 4.69) is 4.74 Å². The minimum absolute atomic E-state index is 0.0477. The maximum Gasteiger partial charge on any atom is 0.373 e. The highest BCUT2D eigenvalue weighted by molar-refractivity contribution is 7.12. The monoisotopic (exact) mass is 398 g/mol. The zero-order chi connectivity index (χ0) is 19.9. The summed E-state index contributed by atoms with van der Waals surface area (Å²) in [6.07, 6.45) is 3.25. The number of benzene rings is 1. The predicted octanol–water partition coefficient (Wildman–Crippen LogP) is 4.61. The number of hydrogen-bond acceptors (Lipinski definition) is 7. The van der Waals surface area contributed by atoms with Gasteiger partial charge in [0.25, 0.3) is 0 Å². The summed E-state index contributed by atoms with van der Waals surface area (Å²) in [4.78, 5) is 24.2. The summed E-state index contributed by atoms with van der Waals surface area (Å²) in [6.45, 7) is 0.124. The molecule has 0 N–H and O–H groups in total. The van der Waals surface area contributed by atoms with Crippen LogP contribution in [0.25, 0.3) is 6.08 Å². The first-order chi connectivity index (χ1) is 13.6. The van der Waals surface area contributed by atoms with E-state index in [1.165, 1.54) is 37.7 Å². The Kier molecular flexibility index (Phi) is 6.29. The lowest BCUT2D eigenvalue weighted by molar-refractivity contribution is 0.0560. The molecule has 2 heterocycles. The molecular formula is C21H18O6S. The molecule has 0 saturated heterocycles. The normalized spacial score (nSPS) is 10.8. The molecule has 0 aliphatic heterocycles. The molecule has 0 saturated carbocycles. The van der Waals surface area contributed by atoms with Crippen molar-refractivity contribution in [3.63, 3.8) is 0 Å². The first-order valence-electron chi connectivity index (χ1n) is 8.34. The third-order valence-electron chi connectivity index (χ3n) is 3.80. The summed E-state index contributed by atoms with van der Waals surface area (Å²) in [6, 6.07) is 12.1. The fourth-order valence-electron chi connectivity index (χ4n) is 2.39. The molecule has 1 aromatic carbocycles. The summed E-state index contributed by atoms with van der Waals surface area (Å²) in [7, 11) is 2.82. The first kappa shape index (κ1) is 19.4. The number of carbonyl (C=O) groups is 2. The van der Waals surface area contributed by atoms with Gasteiger partial charge in [-0.1, -0.05) is 18.2 Å². The van der Waals surface area contributed by atoms with Crippen LogP contribution >= 0.6 is 11.3 Å². The van der Waals surface area contributed by atoms with Gasteiger partial charge in [-0.3, -0.25) is 4.79 Å². The van der Waals surface area contributed by atoms with Crippen molar-refractivity contribution in [2.45, 2.75) is 6.61 Å². The van der Waals surface area contributed by atoms with E-state index in [9.17, 15) is 9.59 Å². The van der Waals surface area contributed by atoms with E-state index >= 15 is 0 Å². The maximum absolute atomic E-state index is 12.1. The Morgan fingerprint density at radius 3 is 2.68 bits per heavy atom. The number of thiophene rings is 1.